The Labute approximate surface area is 84.1 Å². The number of nitrogens with one attached hydrogen (secondary N) is 1. The number of hydrogen-bond acceptors (Lipinski definition) is 2. The molecule has 0 aromatic heterocycles. The fourth-order valence-corrected chi connectivity index (χ4v) is 1.08. The van der Waals surface area contributed by atoms with E-state index >= 15 is 0 Å². The van der Waals surface area contributed by atoms with E-state index < -0.39 is 0 Å². The molecular weight excluding hydrogens is 178 g/mol. The van der Waals surface area contributed by atoms with E-state index in [1.165, 1.54) is 0 Å². The maximum Gasteiger partial charge on any atom is 0.251 e. The van der Waals surface area contributed by atoms with E-state index in [1.54, 1.807) is 19.2 Å². The Morgan fingerprint density at radius 1 is 1.57 bits per heavy atom. The molecule has 3 nitrogen and oxygen atoms in total. The smallest absolute Gasteiger partial charge is 0.251 e. The standard InChI is InChI=1S/C11H14NO2/c1-9-4-3-5-10(8-9)11(13)12-6-7-14-2/h3-5,8H,1,6-7H2,2H3,(H,12,13). The molecule has 0 saturated carbocycles. The van der Waals surface area contributed by atoms with Crippen LogP contribution in [0.4, 0.5) is 0 Å². The summed E-state index contributed by atoms with van der Waals surface area (Å²) in [5.74, 6) is -0.0902. The number of ether oxygens (including phenoxy) is 1. The minimum Gasteiger partial charge on any atom is -0.383 e. The lowest BCUT2D eigenvalue weighted by atomic mass is 10.1. The highest BCUT2D eigenvalue weighted by Crippen LogP contribution is 2.03. The van der Waals surface area contributed by atoms with Crippen LogP contribution in [0.2, 0.25) is 0 Å². The van der Waals surface area contributed by atoms with Crippen LogP contribution in [0.3, 0.4) is 0 Å². The summed E-state index contributed by atoms with van der Waals surface area (Å²) in [6.07, 6.45) is 0. The predicted molar refractivity (Wildman–Crippen MR) is 55.1 cm³/mol. The molecule has 0 saturated heterocycles. The highest BCUT2D eigenvalue weighted by atomic mass is 16.5. The molecule has 75 valence electrons. The van der Waals surface area contributed by atoms with Gasteiger partial charge in [-0.15, -0.1) is 0 Å². The quantitative estimate of drug-likeness (QED) is 0.729. The first-order chi connectivity index (χ1) is 6.74. The maximum absolute atomic E-state index is 11.5. The summed E-state index contributed by atoms with van der Waals surface area (Å²) in [7, 11) is 1.60. The van der Waals surface area contributed by atoms with Crippen molar-refractivity contribution in [2.45, 2.75) is 0 Å². The molecule has 3 heteroatoms. The van der Waals surface area contributed by atoms with Gasteiger partial charge in [0.05, 0.1) is 6.61 Å². The molecule has 0 aliphatic rings. The van der Waals surface area contributed by atoms with Crippen molar-refractivity contribution in [3.05, 3.63) is 42.3 Å². The van der Waals surface area contributed by atoms with Gasteiger partial charge in [0.15, 0.2) is 0 Å². The van der Waals surface area contributed by atoms with E-state index in [1.807, 2.05) is 12.1 Å². The van der Waals surface area contributed by atoms with Crippen LogP contribution < -0.4 is 5.32 Å². The minimum absolute atomic E-state index is 0.0902. The summed E-state index contributed by atoms with van der Waals surface area (Å²) in [5, 5.41) is 2.74. The lowest BCUT2D eigenvalue weighted by Crippen LogP contribution is -2.26. The number of carbonyl (C=O) groups excluding carboxylic acids is 1. The van der Waals surface area contributed by atoms with E-state index in [0.717, 1.165) is 5.56 Å². The Hall–Kier alpha value is -1.35. The summed E-state index contributed by atoms with van der Waals surface area (Å²) >= 11 is 0. The van der Waals surface area contributed by atoms with Gasteiger partial charge < -0.3 is 10.1 Å². The van der Waals surface area contributed by atoms with Gasteiger partial charge >= 0.3 is 0 Å². The highest BCUT2D eigenvalue weighted by Gasteiger charge is 2.03. The van der Waals surface area contributed by atoms with Gasteiger partial charge in [-0.1, -0.05) is 12.1 Å². The Bertz CT molecular complexity index is 310. The van der Waals surface area contributed by atoms with Crippen molar-refractivity contribution >= 4 is 5.91 Å². The summed E-state index contributed by atoms with van der Waals surface area (Å²) < 4.78 is 4.82. The molecule has 0 fully saturated rings. The van der Waals surface area contributed by atoms with Gasteiger partial charge in [0.25, 0.3) is 5.91 Å². The second-order valence-corrected chi connectivity index (χ2v) is 2.95. The number of amides is 1. The van der Waals surface area contributed by atoms with E-state index in [0.29, 0.717) is 18.7 Å². The topological polar surface area (TPSA) is 38.3 Å². The van der Waals surface area contributed by atoms with Crippen molar-refractivity contribution in [2.75, 3.05) is 20.3 Å². The van der Waals surface area contributed by atoms with Gasteiger partial charge in [-0.05, 0) is 24.6 Å². The molecule has 0 bridgehead atoms. The van der Waals surface area contributed by atoms with Crippen LogP contribution in [0.1, 0.15) is 15.9 Å². The zero-order chi connectivity index (χ0) is 10.4. The summed E-state index contributed by atoms with van der Waals surface area (Å²) in [6, 6.07) is 7.18. The highest BCUT2D eigenvalue weighted by molar-refractivity contribution is 5.94. The number of methoxy groups -OCH3 is 1. The predicted octanol–water partition coefficient (Wildman–Crippen LogP) is 1.24. The third kappa shape index (κ3) is 3.18. The molecule has 1 aromatic carbocycles. The second kappa shape index (κ2) is 5.40. The molecular formula is C11H14NO2. The Morgan fingerprint density at radius 3 is 3.00 bits per heavy atom. The van der Waals surface area contributed by atoms with Crippen LogP contribution >= 0.6 is 0 Å². The molecule has 1 rings (SSSR count). The summed E-state index contributed by atoms with van der Waals surface area (Å²) in [6.45, 7) is 4.80. The number of hydrogen-bond donors (Lipinski definition) is 1. The van der Waals surface area contributed by atoms with Crippen LogP contribution in [-0.4, -0.2) is 26.2 Å². The van der Waals surface area contributed by atoms with E-state index in [-0.39, 0.29) is 5.91 Å². The van der Waals surface area contributed by atoms with Gasteiger partial charge in [-0.25, -0.2) is 0 Å². The van der Waals surface area contributed by atoms with E-state index in [2.05, 4.69) is 12.2 Å². The third-order valence-corrected chi connectivity index (χ3v) is 1.78. The molecule has 0 spiro atoms. The average Bonchev–Trinajstić information content (AvgIpc) is 2.18. The van der Waals surface area contributed by atoms with E-state index in [9.17, 15) is 4.79 Å². The maximum atomic E-state index is 11.5. The molecule has 1 amide bonds. The van der Waals surface area contributed by atoms with Crippen molar-refractivity contribution in [2.24, 2.45) is 0 Å². The zero-order valence-corrected chi connectivity index (χ0v) is 8.25. The first kappa shape index (κ1) is 10.7. The normalized spacial score (nSPS) is 9.86. The Balaban J connectivity index is 2.52. The van der Waals surface area contributed by atoms with Crippen molar-refractivity contribution < 1.29 is 9.53 Å². The SMILES string of the molecule is [CH2]c1cccc(C(=O)NCCOC)c1. The van der Waals surface area contributed by atoms with Crippen molar-refractivity contribution in [1.29, 1.82) is 0 Å². The summed E-state index contributed by atoms with van der Waals surface area (Å²) in [4.78, 5) is 11.5. The molecule has 0 aliphatic heterocycles. The Kier molecular flexibility index (Phi) is 4.13. The van der Waals surface area contributed by atoms with Crippen molar-refractivity contribution in [1.82, 2.24) is 5.32 Å². The first-order valence-corrected chi connectivity index (χ1v) is 4.43. The molecule has 1 aromatic rings. The number of carbonyl (C=O) groups is 1. The average molecular weight is 192 g/mol. The third-order valence-electron chi connectivity index (χ3n) is 1.78. The lowest BCUT2D eigenvalue weighted by Gasteiger charge is -2.04. The van der Waals surface area contributed by atoms with Gasteiger partial charge in [0, 0.05) is 19.2 Å². The van der Waals surface area contributed by atoms with E-state index in [4.69, 9.17) is 4.74 Å². The fraction of sp³-hybridized carbons (Fsp3) is 0.273. The fourth-order valence-electron chi connectivity index (χ4n) is 1.08. The summed E-state index contributed by atoms with van der Waals surface area (Å²) in [5.41, 5.74) is 1.47. The molecule has 0 atom stereocenters. The van der Waals surface area contributed by atoms with Crippen LogP contribution in [0.25, 0.3) is 0 Å². The minimum atomic E-state index is -0.0902. The Morgan fingerprint density at radius 2 is 2.36 bits per heavy atom. The van der Waals surface area contributed by atoms with Crippen LogP contribution in [-0.2, 0) is 4.74 Å². The molecule has 0 unspecified atom stereocenters. The second-order valence-electron chi connectivity index (χ2n) is 2.95. The molecule has 0 aliphatic carbocycles. The first-order valence-electron chi connectivity index (χ1n) is 4.43. The largest absolute Gasteiger partial charge is 0.383 e. The van der Waals surface area contributed by atoms with Gasteiger partial charge in [0.2, 0.25) is 0 Å². The molecule has 0 heterocycles. The lowest BCUT2D eigenvalue weighted by molar-refractivity contribution is 0.0937. The van der Waals surface area contributed by atoms with Gasteiger partial charge in [-0.3, -0.25) is 4.79 Å². The van der Waals surface area contributed by atoms with Crippen LogP contribution in [0.5, 0.6) is 0 Å². The van der Waals surface area contributed by atoms with Crippen LogP contribution in [0.15, 0.2) is 24.3 Å². The van der Waals surface area contributed by atoms with Gasteiger partial charge in [-0.2, -0.15) is 0 Å². The molecule has 1 N–H and O–H groups in total. The molecule has 1 radical (unpaired) electrons. The number of benzene rings is 1. The van der Waals surface area contributed by atoms with Crippen molar-refractivity contribution in [3.8, 4) is 0 Å². The van der Waals surface area contributed by atoms with Crippen molar-refractivity contribution in [3.63, 3.8) is 0 Å². The monoisotopic (exact) mass is 192 g/mol. The van der Waals surface area contributed by atoms with Crippen LogP contribution in [0, 0.1) is 6.92 Å². The zero-order valence-electron chi connectivity index (χ0n) is 8.25. The molecule has 14 heavy (non-hydrogen) atoms. The van der Waals surface area contributed by atoms with Gasteiger partial charge in [0.1, 0.15) is 0 Å². The number of rotatable bonds is 4.